The standard InChI is InChI=1S/C15H10ClN3O2/c16-11-3-4-12(14-10(11)2-1-6-18-14)19-13-8-9(15(20)21)5-7-17-13/h1-8H,(H,17,19)(H,20,21). The number of carboxylic acid groups (broad SMARTS) is 1. The Morgan fingerprint density at radius 2 is 2.00 bits per heavy atom. The molecule has 0 amide bonds. The summed E-state index contributed by atoms with van der Waals surface area (Å²) >= 11 is 6.14. The average Bonchev–Trinajstić information content (AvgIpc) is 2.51. The van der Waals surface area contributed by atoms with E-state index in [0.29, 0.717) is 22.0 Å². The molecule has 104 valence electrons. The van der Waals surface area contributed by atoms with Crippen molar-refractivity contribution in [3.05, 3.63) is 59.4 Å². The molecule has 3 rings (SSSR count). The quantitative estimate of drug-likeness (QED) is 0.771. The highest BCUT2D eigenvalue weighted by atomic mass is 35.5. The second-order valence-electron chi connectivity index (χ2n) is 4.35. The SMILES string of the molecule is O=C(O)c1ccnc(Nc2ccc(Cl)c3cccnc23)c1. The van der Waals surface area contributed by atoms with Crippen molar-refractivity contribution in [2.24, 2.45) is 0 Å². The van der Waals surface area contributed by atoms with Gasteiger partial charge in [0.25, 0.3) is 0 Å². The van der Waals surface area contributed by atoms with Crippen molar-refractivity contribution in [2.45, 2.75) is 0 Å². The molecule has 0 bridgehead atoms. The molecular weight excluding hydrogens is 290 g/mol. The molecule has 3 aromatic rings. The molecule has 0 aliphatic carbocycles. The van der Waals surface area contributed by atoms with Gasteiger partial charge in [-0.15, -0.1) is 0 Å². The Balaban J connectivity index is 2.04. The molecule has 2 aromatic heterocycles. The van der Waals surface area contributed by atoms with Crippen molar-refractivity contribution in [1.82, 2.24) is 9.97 Å². The average molecular weight is 300 g/mol. The van der Waals surface area contributed by atoms with E-state index in [1.54, 1.807) is 24.4 Å². The molecule has 0 saturated carbocycles. The maximum atomic E-state index is 11.0. The highest BCUT2D eigenvalue weighted by molar-refractivity contribution is 6.35. The molecular formula is C15H10ClN3O2. The third-order valence-corrected chi connectivity index (χ3v) is 3.32. The minimum atomic E-state index is -1.00. The Morgan fingerprint density at radius 1 is 1.14 bits per heavy atom. The molecule has 0 fully saturated rings. The first-order valence-corrected chi connectivity index (χ1v) is 6.52. The first-order valence-electron chi connectivity index (χ1n) is 6.15. The number of anilines is 2. The van der Waals surface area contributed by atoms with Crippen molar-refractivity contribution in [1.29, 1.82) is 0 Å². The van der Waals surface area contributed by atoms with Gasteiger partial charge in [-0.3, -0.25) is 4.98 Å². The maximum absolute atomic E-state index is 11.0. The number of carbonyl (C=O) groups is 1. The molecule has 2 heterocycles. The number of nitrogens with zero attached hydrogens (tertiary/aromatic N) is 2. The van der Waals surface area contributed by atoms with Crippen molar-refractivity contribution >= 4 is 40.0 Å². The van der Waals surface area contributed by atoms with Gasteiger partial charge in [-0.2, -0.15) is 0 Å². The number of carboxylic acids is 1. The minimum Gasteiger partial charge on any atom is -0.478 e. The lowest BCUT2D eigenvalue weighted by atomic mass is 10.2. The van der Waals surface area contributed by atoms with Crippen LogP contribution in [0.2, 0.25) is 5.02 Å². The first-order chi connectivity index (χ1) is 10.1. The number of aromatic carboxylic acids is 1. The topological polar surface area (TPSA) is 75.1 Å². The van der Waals surface area contributed by atoms with Crippen molar-refractivity contribution in [3.8, 4) is 0 Å². The van der Waals surface area contributed by atoms with Crippen LogP contribution in [0.5, 0.6) is 0 Å². The highest BCUT2D eigenvalue weighted by Crippen LogP contribution is 2.29. The summed E-state index contributed by atoms with van der Waals surface area (Å²) in [6.45, 7) is 0. The largest absolute Gasteiger partial charge is 0.478 e. The molecule has 0 aliphatic rings. The number of pyridine rings is 2. The van der Waals surface area contributed by atoms with Crippen LogP contribution >= 0.6 is 11.6 Å². The number of hydrogen-bond acceptors (Lipinski definition) is 4. The first kappa shape index (κ1) is 13.3. The molecule has 0 radical (unpaired) electrons. The molecule has 6 heteroatoms. The second kappa shape index (κ2) is 5.38. The van der Waals surface area contributed by atoms with Crippen molar-refractivity contribution in [2.75, 3.05) is 5.32 Å². The zero-order chi connectivity index (χ0) is 14.8. The summed E-state index contributed by atoms with van der Waals surface area (Å²) < 4.78 is 0. The lowest BCUT2D eigenvalue weighted by molar-refractivity contribution is 0.0697. The molecule has 21 heavy (non-hydrogen) atoms. The van der Waals surface area contributed by atoms with Gasteiger partial charge >= 0.3 is 5.97 Å². The number of aromatic nitrogens is 2. The number of fused-ring (bicyclic) bond motifs is 1. The predicted octanol–water partition coefficient (Wildman–Crippen LogP) is 3.73. The summed E-state index contributed by atoms with van der Waals surface area (Å²) in [7, 11) is 0. The van der Waals surface area contributed by atoms with Crippen LogP contribution in [0, 0.1) is 0 Å². The van der Waals surface area contributed by atoms with Crippen LogP contribution in [0.15, 0.2) is 48.8 Å². The van der Waals surface area contributed by atoms with Gasteiger partial charge in [0.05, 0.1) is 21.8 Å². The van der Waals surface area contributed by atoms with E-state index in [0.717, 1.165) is 5.39 Å². The van der Waals surface area contributed by atoms with Gasteiger partial charge < -0.3 is 10.4 Å². The van der Waals surface area contributed by atoms with Gasteiger partial charge in [0, 0.05) is 17.8 Å². The van der Waals surface area contributed by atoms with E-state index < -0.39 is 5.97 Å². The van der Waals surface area contributed by atoms with E-state index in [-0.39, 0.29) is 5.56 Å². The fraction of sp³-hybridized carbons (Fsp3) is 0. The van der Waals surface area contributed by atoms with Crippen molar-refractivity contribution in [3.63, 3.8) is 0 Å². The van der Waals surface area contributed by atoms with E-state index >= 15 is 0 Å². The monoisotopic (exact) mass is 299 g/mol. The zero-order valence-electron chi connectivity index (χ0n) is 10.7. The molecule has 2 N–H and O–H groups in total. The fourth-order valence-corrected chi connectivity index (χ4v) is 2.22. The third-order valence-electron chi connectivity index (χ3n) is 2.99. The fourth-order valence-electron chi connectivity index (χ4n) is 2.01. The predicted molar refractivity (Wildman–Crippen MR) is 81.2 cm³/mol. The molecule has 0 aliphatic heterocycles. The van der Waals surface area contributed by atoms with Gasteiger partial charge in [-0.1, -0.05) is 11.6 Å². The molecule has 1 aromatic carbocycles. The normalized spacial score (nSPS) is 10.5. The Kier molecular flexibility index (Phi) is 3.41. The number of hydrogen-bond donors (Lipinski definition) is 2. The summed E-state index contributed by atoms with van der Waals surface area (Å²) in [4.78, 5) is 19.4. The van der Waals surface area contributed by atoms with Crippen LogP contribution in [0.4, 0.5) is 11.5 Å². The Labute approximate surface area is 125 Å². The second-order valence-corrected chi connectivity index (χ2v) is 4.76. The van der Waals surface area contributed by atoms with E-state index in [1.807, 2.05) is 6.07 Å². The van der Waals surface area contributed by atoms with Gasteiger partial charge in [-0.25, -0.2) is 9.78 Å². The van der Waals surface area contributed by atoms with Gasteiger partial charge in [0.2, 0.25) is 0 Å². The molecule has 5 nitrogen and oxygen atoms in total. The summed E-state index contributed by atoms with van der Waals surface area (Å²) in [5.41, 5.74) is 1.58. The minimum absolute atomic E-state index is 0.165. The lowest BCUT2D eigenvalue weighted by Gasteiger charge is -2.09. The van der Waals surface area contributed by atoms with Crippen LogP contribution in [-0.4, -0.2) is 21.0 Å². The van der Waals surface area contributed by atoms with Crippen LogP contribution in [0.1, 0.15) is 10.4 Å². The van der Waals surface area contributed by atoms with Crippen LogP contribution in [0.25, 0.3) is 10.9 Å². The summed E-state index contributed by atoms with van der Waals surface area (Å²) in [5.74, 6) is -0.566. The maximum Gasteiger partial charge on any atom is 0.335 e. The summed E-state index contributed by atoms with van der Waals surface area (Å²) in [5, 5.41) is 13.5. The van der Waals surface area contributed by atoms with Gasteiger partial charge in [-0.05, 0) is 36.4 Å². The number of rotatable bonds is 3. The van der Waals surface area contributed by atoms with E-state index in [9.17, 15) is 4.79 Å². The Morgan fingerprint density at radius 3 is 2.81 bits per heavy atom. The molecule has 0 saturated heterocycles. The number of benzene rings is 1. The summed E-state index contributed by atoms with van der Waals surface area (Å²) in [6.07, 6.45) is 3.11. The zero-order valence-corrected chi connectivity index (χ0v) is 11.5. The Hall–Kier alpha value is -2.66. The Bertz CT molecular complexity index is 836. The highest BCUT2D eigenvalue weighted by Gasteiger charge is 2.08. The van der Waals surface area contributed by atoms with Crippen LogP contribution < -0.4 is 5.32 Å². The summed E-state index contributed by atoms with van der Waals surface area (Å²) in [6, 6.07) is 10.1. The lowest BCUT2D eigenvalue weighted by Crippen LogP contribution is -2.00. The van der Waals surface area contributed by atoms with Crippen LogP contribution in [0.3, 0.4) is 0 Å². The van der Waals surface area contributed by atoms with Gasteiger partial charge in [0.1, 0.15) is 5.82 Å². The van der Waals surface area contributed by atoms with Crippen LogP contribution in [-0.2, 0) is 0 Å². The van der Waals surface area contributed by atoms with Crippen molar-refractivity contribution < 1.29 is 9.90 Å². The van der Waals surface area contributed by atoms with E-state index in [2.05, 4.69) is 15.3 Å². The van der Waals surface area contributed by atoms with E-state index in [4.69, 9.17) is 16.7 Å². The smallest absolute Gasteiger partial charge is 0.335 e. The molecule has 0 unspecified atom stereocenters. The molecule has 0 atom stereocenters. The van der Waals surface area contributed by atoms with E-state index in [1.165, 1.54) is 18.3 Å². The number of nitrogens with one attached hydrogen (secondary N) is 1. The van der Waals surface area contributed by atoms with Gasteiger partial charge in [0.15, 0.2) is 0 Å². The number of halogens is 1. The third kappa shape index (κ3) is 2.64. The molecule has 0 spiro atoms.